The second-order valence-corrected chi connectivity index (χ2v) is 6.78. The Kier molecular flexibility index (Phi) is 5.03. The fourth-order valence-corrected chi connectivity index (χ4v) is 3.54. The van der Waals surface area contributed by atoms with Crippen molar-refractivity contribution in [3.05, 3.63) is 66.2 Å². The molecule has 1 aromatic heterocycles. The lowest BCUT2D eigenvalue weighted by Crippen LogP contribution is -2.26. The van der Waals surface area contributed by atoms with E-state index >= 15 is 0 Å². The van der Waals surface area contributed by atoms with Crippen molar-refractivity contribution < 1.29 is 4.74 Å². The van der Waals surface area contributed by atoms with Gasteiger partial charge in [0.25, 0.3) is 0 Å². The quantitative estimate of drug-likeness (QED) is 0.665. The van der Waals surface area contributed by atoms with Crippen molar-refractivity contribution in [1.29, 1.82) is 0 Å². The van der Waals surface area contributed by atoms with Gasteiger partial charge >= 0.3 is 0 Å². The molecule has 0 fully saturated rings. The Morgan fingerprint density at radius 2 is 1.85 bits per heavy atom. The van der Waals surface area contributed by atoms with Crippen molar-refractivity contribution in [3.8, 4) is 11.3 Å². The first-order chi connectivity index (χ1) is 13.3. The number of fused-ring (bicyclic) bond motifs is 1. The summed E-state index contributed by atoms with van der Waals surface area (Å²) in [7, 11) is 1.70. The van der Waals surface area contributed by atoms with E-state index in [4.69, 9.17) is 14.7 Å². The molecule has 4 rings (SSSR count). The van der Waals surface area contributed by atoms with E-state index in [1.807, 2.05) is 24.3 Å². The van der Waals surface area contributed by atoms with Gasteiger partial charge in [-0.2, -0.15) is 4.98 Å². The highest BCUT2D eigenvalue weighted by molar-refractivity contribution is 5.71. The van der Waals surface area contributed by atoms with Crippen LogP contribution in [0.5, 0.6) is 0 Å². The number of rotatable bonds is 6. The molecule has 3 aromatic rings. The van der Waals surface area contributed by atoms with Crippen molar-refractivity contribution in [2.45, 2.75) is 19.4 Å². The van der Waals surface area contributed by atoms with Crippen molar-refractivity contribution in [1.82, 2.24) is 9.97 Å². The van der Waals surface area contributed by atoms with Gasteiger partial charge in [0.15, 0.2) is 0 Å². The second-order valence-electron chi connectivity index (χ2n) is 6.78. The molecule has 1 aliphatic rings. The van der Waals surface area contributed by atoms with Crippen molar-refractivity contribution in [2.75, 3.05) is 30.5 Å². The van der Waals surface area contributed by atoms with Gasteiger partial charge in [0.1, 0.15) is 5.82 Å². The normalized spacial score (nSPS) is 15.6. The number of hydrogen-bond acceptors (Lipinski definition) is 5. The zero-order valence-corrected chi connectivity index (χ0v) is 15.7. The monoisotopic (exact) mass is 360 g/mol. The minimum atomic E-state index is 0.320. The largest absolute Gasteiger partial charge is 0.383 e. The number of ether oxygens (including phenoxy) is 1. The van der Waals surface area contributed by atoms with Gasteiger partial charge in [0.2, 0.25) is 5.95 Å². The van der Waals surface area contributed by atoms with E-state index in [1.165, 1.54) is 11.3 Å². The molecule has 0 saturated carbocycles. The first-order valence-electron chi connectivity index (χ1n) is 9.30. The molecular weight excluding hydrogens is 336 g/mol. The maximum absolute atomic E-state index is 5.16. The SMILES string of the molecule is COCCNc1cc(-c2ccccc2)nc(N2c3ccccc3CC2C)n1. The molecule has 2 heterocycles. The molecule has 0 saturated heterocycles. The lowest BCUT2D eigenvalue weighted by molar-refractivity contribution is 0.210. The predicted molar refractivity (Wildman–Crippen MR) is 110 cm³/mol. The number of anilines is 3. The van der Waals surface area contributed by atoms with Crippen LogP contribution < -0.4 is 10.2 Å². The Hall–Kier alpha value is -2.92. The molecule has 5 heteroatoms. The topological polar surface area (TPSA) is 50.3 Å². The maximum atomic E-state index is 5.16. The molecule has 0 bridgehead atoms. The number of para-hydroxylation sites is 1. The van der Waals surface area contributed by atoms with Crippen LogP contribution in [0.1, 0.15) is 12.5 Å². The average Bonchev–Trinajstić information content (AvgIpc) is 3.04. The third kappa shape index (κ3) is 3.64. The molecule has 0 aliphatic carbocycles. The van der Waals surface area contributed by atoms with Crippen LogP contribution in [0.25, 0.3) is 11.3 Å². The molecule has 1 atom stereocenters. The van der Waals surface area contributed by atoms with Gasteiger partial charge in [-0.3, -0.25) is 0 Å². The third-order valence-corrected chi connectivity index (χ3v) is 4.82. The summed E-state index contributed by atoms with van der Waals surface area (Å²) in [6.07, 6.45) is 1.00. The first kappa shape index (κ1) is 17.5. The Labute approximate surface area is 160 Å². The number of nitrogens with one attached hydrogen (secondary N) is 1. The predicted octanol–water partition coefficient (Wildman–Crippen LogP) is 4.28. The second kappa shape index (κ2) is 7.76. The van der Waals surface area contributed by atoms with E-state index in [9.17, 15) is 0 Å². The minimum absolute atomic E-state index is 0.320. The van der Waals surface area contributed by atoms with Gasteiger partial charge in [0, 0.05) is 37.0 Å². The van der Waals surface area contributed by atoms with E-state index < -0.39 is 0 Å². The van der Waals surface area contributed by atoms with Crippen LogP contribution >= 0.6 is 0 Å². The van der Waals surface area contributed by atoms with Gasteiger partial charge in [-0.1, -0.05) is 48.5 Å². The molecule has 1 N–H and O–H groups in total. The molecule has 1 aliphatic heterocycles. The zero-order valence-electron chi connectivity index (χ0n) is 15.7. The molecule has 2 aromatic carbocycles. The smallest absolute Gasteiger partial charge is 0.232 e. The summed E-state index contributed by atoms with van der Waals surface area (Å²) in [5.74, 6) is 1.54. The van der Waals surface area contributed by atoms with Crippen LogP contribution in [0.3, 0.4) is 0 Å². The van der Waals surface area contributed by atoms with Crippen LogP contribution in [-0.2, 0) is 11.2 Å². The van der Waals surface area contributed by atoms with Crippen LogP contribution in [-0.4, -0.2) is 36.3 Å². The number of aromatic nitrogens is 2. The van der Waals surface area contributed by atoms with E-state index in [-0.39, 0.29) is 0 Å². The molecule has 0 radical (unpaired) electrons. The number of benzene rings is 2. The summed E-state index contributed by atoms with van der Waals surface area (Å²) in [6, 6.07) is 21.0. The van der Waals surface area contributed by atoms with Gasteiger partial charge in [0.05, 0.1) is 12.3 Å². The van der Waals surface area contributed by atoms with Gasteiger partial charge in [-0.05, 0) is 25.0 Å². The Bertz CT molecular complexity index is 913. The Balaban J connectivity index is 1.76. The highest BCUT2D eigenvalue weighted by Crippen LogP contribution is 2.37. The van der Waals surface area contributed by atoms with Gasteiger partial charge < -0.3 is 15.0 Å². The Morgan fingerprint density at radius 1 is 1.07 bits per heavy atom. The van der Waals surface area contributed by atoms with E-state index in [0.29, 0.717) is 19.2 Å². The molecule has 0 spiro atoms. The summed E-state index contributed by atoms with van der Waals surface area (Å²) in [5, 5.41) is 3.36. The Morgan fingerprint density at radius 3 is 2.67 bits per heavy atom. The number of hydrogen-bond donors (Lipinski definition) is 1. The molecule has 5 nitrogen and oxygen atoms in total. The molecule has 1 unspecified atom stereocenters. The number of nitrogens with zero attached hydrogens (tertiary/aromatic N) is 3. The highest BCUT2D eigenvalue weighted by atomic mass is 16.5. The number of methoxy groups -OCH3 is 1. The molecule has 0 amide bonds. The first-order valence-corrected chi connectivity index (χ1v) is 9.30. The summed E-state index contributed by atoms with van der Waals surface area (Å²) < 4.78 is 5.16. The van der Waals surface area contributed by atoms with E-state index in [2.05, 4.69) is 53.5 Å². The van der Waals surface area contributed by atoms with Crippen LogP contribution in [0.15, 0.2) is 60.7 Å². The summed E-state index contributed by atoms with van der Waals surface area (Å²) in [6.45, 7) is 3.55. The van der Waals surface area contributed by atoms with E-state index in [0.717, 1.165) is 29.4 Å². The average molecular weight is 360 g/mol. The zero-order chi connectivity index (χ0) is 18.6. The van der Waals surface area contributed by atoms with Gasteiger partial charge in [-0.25, -0.2) is 4.98 Å². The minimum Gasteiger partial charge on any atom is -0.383 e. The maximum Gasteiger partial charge on any atom is 0.232 e. The van der Waals surface area contributed by atoms with Gasteiger partial charge in [-0.15, -0.1) is 0 Å². The van der Waals surface area contributed by atoms with Crippen LogP contribution in [0.2, 0.25) is 0 Å². The van der Waals surface area contributed by atoms with E-state index in [1.54, 1.807) is 7.11 Å². The molecular formula is C22H24N4O. The third-order valence-electron chi connectivity index (χ3n) is 4.82. The lowest BCUT2D eigenvalue weighted by Gasteiger charge is -2.24. The fraction of sp³-hybridized carbons (Fsp3) is 0.273. The van der Waals surface area contributed by atoms with Crippen LogP contribution in [0.4, 0.5) is 17.5 Å². The fourth-order valence-electron chi connectivity index (χ4n) is 3.54. The van der Waals surface area contributed by atoms with Crippen molar-refractivity contribution in [2.24, 2.45) is 0 Å². The molecule has 138 valence electrons. The molecule has 27 heavy (non-hydrogen) atoms. The summed E-state index contributed by atoms with van der Waals surface area (Å²) >= 11 is 0. The summed E-state index contributed by atoms with van der Waals surface area (Å²) in [5.41, 5.74) is 4.53. The van der Waals surface area contributed by atoms with Crippen molar-refractivity contribution >= 4 is 17.5 Å². The standard InChI is InChI=1S/C22H24N4O/c1-16-14-18-10-6-7-11-20(18)26(16)22-24-19(17-8-4-3-5-9-17)15-21(25-22)23-12-13-27-2/h3-11,15-16H,12-14H2,1-2H3,(H,23,24,25). The van der Waals surface area contributed by atoms with Crippen LogP contribution in [0, 0.1) is 0 Å². The lowest BCUT2D eigenvalue weighted by atomic mass is 10.1. The highest BCUT2D eigenvalue weighted by Gasteiger charge is 2.29. The summed E-state index contributed by atoms with van der Waals surface area (Å²) in [4.78, 5) is 12.0. The van der Waals surface area contributed by atoms with Crippen molar-refractivity contribution in [3.63, 3.8) is 0 Å².